The lowest BCUT2D eigenvalue weighted by Crippen LogP contribution is -2.31. The Bertz CT molecular complexity index is 924. The van der Waals surface area contributed by atoms with Gasteiger partial charge in [0.1, 0.15) is 0 Å². The molecule has 0 spiro atoms. The van der Waals surface area contributed by atoms with Gasteiger partial charge in [-0.25, -0.2) is 0 Å². The topological polar surface area (TPSA) is 111 Å². The minimum atomic E-state index is -0.574. The van der Waals surface area contributed by atoms with Gasteiger partial charge in [-0.1, -0.05) is 23.7 Å². The first kappa shape index (κ1) is 18.4. The van der Waals surface area contributed by atoms with Gasteiger partial charge in [0.05, 0.1) is 16.6 Å². The molecule has 2 fully saturated rings. The Hall–Kier alpha value is -2.94. The number of halogens is 1. The maximum Gasteiger partial charge on any atom is 0.278 e. The second-order valence-electron chi connectivity index (χ2n) is 6.87. The van der Waals surface area contributed by atoms with Crippen LogP contribution in [0.2, 0.25) is 5.02 Å². The molecule has 1 atom stereocenters. The third-order valence-electron chi connectivity index (χ3n) is 5.02. The van der Waals surface area contributed by atoms with Crippen molar-refractivity contribution >= 4 is 40.8 Å². The van der Waals surface area contributed by atoms with Gasteiger partial charge in [0.15, 0.2) is 11.5 Å². The molecular weight excluding hydrogens is 384 g/mol. The zero-order chi connectivity index (χ0) is 19.7. The highest BCUT2D eigenvalue weighted by molar-refractivity contribution is 6.33. The van der Waals surface area contributed by atoms with Gasteiger partial charge >= 0.3 is 0 Å². The molecule has 0 aliphatic carbocycles. The van der Waals surface area contributed by atoms with Crippen molar-refractivity contribution in [2.75, 3.05) is 29.9 Å². The molecule has 9 nitrogen and oxygen atoms in total. The molecule has 10 heteroatoms. The monoisotopic (exact) mass is 402 g/mol. The maximum absolute atomic E-state index is 12.7. The lowest BCUT2D eigenvalue weighted by atomic mass is 10.1. The van der Waals surface area contributed by atoms with E-state index in [-0.39, 0.29) is 42.2 Å². The van der Waals surface area contributed by atoms with Gasteiger partial charge in [-0.3, -0.25) is 14.4 Å². The van der Waals surface area contributed by atoms with Gasteiger partial charge in [0.2, 0.25) is 11.8 Å². The number of anilines is 2. The average molecular weight is 403 g/mol. The van der Waals surface area contributed by atoms with Gasteiger partial charge < -0.3 is 15.1 Å². The predicted octanol–water partition coefficient (Wildman–Crippen LogP) is 1.69. The number of aromatic nitrogens is 3. The first-order chi connectivity index (χ1) is 13.5. The molecule has 3 heterocycles. The van der Waals surface area contributed by atoms with E-state index in [4.69, 9.17) is 11.6 Å². The van der Waals surface area contributed by atoms with E-state index < -0.39 is 5.92 Å². The number of amides is 3. The highest BCUT2D eigenvalue weighted by Crippen LogP contribution is 2.31. The standard InChI is InChI=1S/C18H19ClN6O3/c19-12-5-1-2-6-13(12)25-10-11(9-14(25)26)17(27)20-16-15(21-23-22-16)18(28)24-7-3-4-8-24/h1-2,5-6,11H,3-4,7-10H2,(H2,20,21,22,23,27). The molecule has 3 amide bonds. The molecule has 28 heavy (non-hydrogen) atoms. The van der Waals surface area contributed by atoms with Crippen LogP contribution in [0.3, 0.4) is 0 Å². The summed E-state index contributed by atoms with van der Waals surface area (Å²) in [7, 11) is 0. The van der Waals surface area contributed by atoms with Crippen molar-refractivity contribution in [2.45, 2.75) is 19.3 Å². The van der Waals surface area contributed by atoms with Crippen molar-refractivity contribution < 1.29 is 14.4 Å². The summed E-state index contributed by atoms with van der Waals surface area (Å²) in [6.07, 6.45) is 1.96. The Morgan fingerprint density at radius 3 is 2.68 bits per heavy atom. The molecule has 1 aromatic carbocycles. The highest BCUT2D eigenvalue weighted by atomic mass is 35.5. The lowest BCUT2D eigenvalue weighted by Gasteiger charge is -2.18. The minimum Gasteiger partial charge on any atom is -0.337 e. The second kappa shape index (κ2) is 7.59. The number of rotatable bonds is 4. The normalized spacial score (nSPS) is 19.3. The van der Waals surface area contributed by atoms with E-state index in [1.165, 1.54) is 4.90 Å². The van der Waals surface area contributed by atoms with E-state index in [1.807, 2.05) is 0 Å². The number of likely N-dealkylation sites (tertiary alicyclic amines) is 1. The summed E-state index contributed by atoms with van der Waals surface area (Å²) in [6, 6.07) is 7.00. The van der Waals surface area contributed by atoms with Crippen LogP contribution in [-0.4, -0.2) is 57.7 Å². The number of nitrogens with one attached hydrogen (secondary N) is 2. The van der Waals surface area contributed by atoms with Crippen LogP contribution in [0.5, 0.6) is 0 Å². The molecule has 0 bridgehead atoms. The highest BCUT2D eigenvalue weighted by Gasteiger charge is 2.37. The fourth-order valence-electron chi connectivity index (χ4n) is 3.54. The molecule has 2 aromatic rings. The van der Waals surface area contributed by atoms with Crippen LogP contribution in [0.1, 0.15) is 29.8 Å². The van der Waals surface area contributed by atoms with Crippen molar-refractivity contribution in [3.8, 4) is 0 Å². The number of carbonyl (C=O) groups excluding carboxylic acids is 3. The molecule has 1 unspecified atom stereocenters. The lowest BCUT2D eigenvalue weighted by molar-refractivity contribution is -0.122. The number of carbonyl (C=O) groups is 3. The van der Waals surface area contributed by atoms with Gasteiger partial charge in [-0.2, -0.15) is 5.21 Å². The first-order valence-corrected chi connectivity index (χ1v) is 9.48. The summed E-state index contributed by atoms with van der Waals surface area (Å²) in [5, 5.41) is 13.3. The van der Waals surface area contributed by atoms with E-state index in [1.54, 1.807) is 29.2 Å². The van der Waals surface area contributed by atoms with Gasteiger partial charge in [-0.15, -0.1) is 10.2 Å². The molecule has 4 rings (SSSR count). The van der Waals surface area contributed by atoms with Crippen LogP contribution in [0, 0.1) is 5.92 Å². The van der Waals surface area contributed by atoms with E-state index in [9.17, 15) is 14.4 Å². The third-order valence-corrected chi connectivity index (χ3v) is 5.34. The predicted molar refractivity (Wildman–Crippen MR) is 102 cm³/mol. The summed E-state index contributed by atoms with van der Waals surface area (Å²) in [6.45, 7) is 1.55. The van der Waals surface area contributed by atoms with Crippen molar-refractivity contribution in [2.24, 2.45) is 5.92 Å². The van der Waals surface area contributed by atoms with E-state index >= 15 is 0 Å². The number of para-hydroxylation sites is 1. The summed E-state index contributed by atoms with van der Waals surface area (Å²) < 4.78 is 0. The van der Waals surface area contributed by atoms with Crippen LogP contribution in [-0.2, 0) is 9.59 Å². The van der Waals surface area contributed by atoms with E-state index in [2.05, 4.69) is 20.7 Å². The number of hydrogen-bond acceptors (Lipinski definition) is 5. The molecule has 2 aliphatic heterocycles. The average Bonchev–Trinajstić information content (AvgIpc) is 3.42. The Kier molecular flexibility index (Phi) is 4.99. The number of hydrogen-bond donors (Lipinski definition) is 2. The van der Waals surface area contributed by atoms with Crippen molar-refractivity contribution in [3.05, 3.63) is 35.0 Å². The summed E-state index contributed by atoms with van der Waals surface area (Å²) in [5.74, 6) is -1.31. The largest absolute Gasteiger partial charge is 0.337 e. The Morgan fingerprint density at radius 1 is 1.18 bits per heavy atom. The molecule has 0 saturated carbocycles. The maximum atomic E-state index is 12.7. The SMILES string of the molecule is O=C(Nc1n[nH]nc1C(=O)N1CCCC1)C1CC(=O)N(c2ccccc2Cl)C1. The summed E-state index contributed by atoms with van der Waals surface area (Å²) in [4.78, 5) is 40.8. The molecule has 146 valence electrons. The van der Waals surface area contributed by atoms with Crippen LogP contribution in [0.25, 0.3) is 0 Å². The van der Waals surface area contributed by atoms with Crippen molar-refractivity contribution in [1.29, 1.82) is 0 Å². The molecule has 0 radical (unpaired) electrons. The number of benzene rings is 1. The third kappa shape index (κ3) is 3.45. The van der Waals surface area contributed by atoms with E-state index in [0.29, 0.717) is 23.8 Å². The van der Waals surface area contributed by atoms with Gasteiger partial charge in [-0.05, 0) is 25.0 Å². The summed E-state index contributed by atoms with van der Waals surface area (Å²) in [5.41, 5.74) is 0.665. The first-order valence-electron chi connectivity index (χ1n) is 9.10. The van der Waals surface area contributed by atoms with E-state index in [0.717, 1.165) is 12.8 Å². The molecule has 1 aromatic heterocycles. The molecular formula is C18H19ClN6O3. The Morgan fingerprint density at radius 2 is 1.93 bits per heavy atom. The van der Waals surface area contributed by atoms with Crippen LogP contribution >= 0.6 is 11.6 Å². The number of aromatic amines is 1. The zero-order valence-corrected chi connectivity index (χ0v) is 15.8. The fourth-order valence-corrected chi connectivity index (χ4v) is 3.78. The van der Waals surface area contributed by atoms with Gasteiger partial charge in [0, 0.05) is 26.1 Å². The van der Waals surface area contributed by atoms with Gasteiger partial charge in [0.25, 0.3) is 5.91 Å². The van der Waals surface area contributed by atoms with Crippen molar-refractivity contribution in [3.63, 3.8) is 0 Å². The molecule has 2 aliphatic rings. The second-order valence-corrected chi connectivity index (χ2v) is 7.27. The number of nitrogens with zero attached hydrogens (tertiary/aromatic N) is 4. The molecule has 2 N–H and O–H groups in total. The minimum absolute atomic E-state index is 0.0598. The number of H-pyrrole nitrogens is 1. The quantitative estimate of drug-likeness (QED) is 0.808. The Labute approximate surface area is 166 Å². The molecule has 2 saturated heterocycles. The fraction of sp³-hybridized carbons (Fsp3) is 0.389. The van der Waals surface area contributed by atoms with Crippen LogP contribution in [0.15, 0.2) is 24.3 Å². The summed E-state index contributed by atoms with van der Waals surface area (Å²) >= 11 is 6.17. The van der Waals surface area contributed by atoms with Crippen LogP contribution < -0.4 is 10.2 Å². The Balaban J connectivity index is 1.45. The van der Waals surface area contributed by atoms with Crippen LogP contribution in [0.4, 0.5) is 11.5 Å². The van der Waals surface area contributed by atoms with Crippen molar-refractivity contribution in [1.82, 2.24) is 20.3 Å². The zero-order valence-electron chi connectivity index (χ0n) is 15.0. The smallest absolute Gasteiger partial charge is 0.278 e.